The standard InChI is InChI=1S/C11H22N2O2/c12-6-11(9-3-5-14-8-9)13-7-10-2-1-4-15-10/h9-11,13H,1-8,12H2. The Morgan fingerprint density at radius 3 is 2.87 bits per heavy atom. The third kappa shape index (κ3) is 3.14. The first-order valence-corrected chi connectivity index (χ1v) is 6.03. The first-order valence-electron chi connectivity index (χ1n) is 6.03. The molecule has 4 nitrogen and oxygen atoms in total. The van der Waals surface area contributed by atoms with Crippen molar-refractivity contribution in [3.05, 3.63) is 0 Å². The largest absolute Gasteiger partial charge is 0.381 e. The van der Waals surface area contributed by atoms with Crippen LogP contribution in [0.1, 0.15) is 19.3 Å². The number of ether oxygens (including phenoxy) is 2. The van der Waals surface area contributed by atoms with Gasteiger partial charge in [0, 0.05) is 38.3 Å². The Balaban J connectivity index is 1.69. The summed E-state index contributed by atoms with van der Waals surface area (Å²) in [5.41, 5.74) is 5.78. The maximum atomic E-state index is 5.78. The lowest BCUT2D eigenvalue weighted by molar-refractivity contribution is 0.104. The van der Waals surface area contributed by atoms with Crippen LogP contribution in [0.5, 0.6) is 0 Å². The molecule has 0 amide bonds. The van der Waals surface area contributed by atoms with Gasteiger partial charge in [-0.05, 0) is 19.3 Å². The van der Waals surface area contributed by atoms with Gasteiger partial charge in [-0.25, -0.2) is 0 Å². The van der Waals surface area contributed by atoms with Crippen molar-refractivity contribution in [3.63, 3.8) is 0 Å². The van der Waals surface area contributed by atoms with Crippen LogP contribution in [-0.2, 0) is 9.47 Å². The van der Waals surface area contributed by atoms with Gasteiger partial charge in [-0.2, -0.15) is 0 Å². The molecule has 0 aromatic rings. The molecule has 88 valence electrons. The van der Waals surface area contributed by atoms with Crippen LogP contribution in [0.3, 0.4) is 0 Å². The monoisotopic (exact) mass is 214 g/mol. The summed E-state index contributed by atoms with van der Waals surface area (Å²) in [6.45, 7) is 4.31. The molecule has 2 heterocycles. The first-order chi connectivity index (χ1) is 7.40. The minimum absolute atomic E-state index is 0.400. The molecule has 2 rings (SSSR count). The third-order valence-electron chi connectivity index (χ3n) is 3.42. The van der Waals surface area contributed by atoms with E-state index in [-0.39, 0.29) is 0 Å². The summed E-state index contributed by atoms with van der Waals surface area (Å²) in [6.07, 6.45) is 3.93. The molecule has 2 saturated heterocycles. The second-order valence-electron chi connectivity index (χ2n) is 4.51. The number of hydrogen-bond donors (Lipinski definition) is 2. The molecular weight excluding hydrogens is 192 g/mol. The summed E-state index contributed by atoms with van der Waals surface area (Å²) < 4.78 is 11.0. The van der Waals surface area contributed by atoms with Gasteiger partial charge in [0.15, 0.2) is 0 Å². The molecular formula is C11H22N2O2. The second kappa shape index (κ2) is 5.80. The summed E-state index contributed by atoms with van der Waals surface area (Å²) in [6, 6.07) is 0.400. The van der Waals surface area contributed by atoms with Crippen molar-refractivity contribution in [2.24, 2.45) is 11.7 Å². The number of rotatable bonds is 5. The predicted octanol–water partition coefficient (Wildman–Crippen LogP) is 0.119. The van der Waals surface area contributed by atoms with Crippen LogP contribution in [0, 0.1) is 5.92 Å². The number of hydrogen-bond acceptors (Lipinski definition) is 4. The smallest absolute Gasteiger partial charge is 0.0700 e. The van der Waals surface area contributed by atoms with Gasteiger partial charge in [0.25, 0.3) is 0 Å². The summed E-state index contributed by atoms with van der Waals surface area (Å²) in [5, 5.41) is 3.52. The van der Waals surface area contributed by atoms with Crippen molar-refractivity contribution < 1.29 is 9.47 Å². The van der Waals surface area contributed by atoms with E-state index in [1.807, 2.05) is 0 Å². The van der Waals surface area contributed by atoms with Gasteiger partial charge < -0.3 is 20.5 Å². The van der Waals surface area contributed by atoms with Crippen LogP contribution in [0.25, 0.3) is 0 Å². The summed E-state index contributed by atoms with van der Waals surface area (Å²) >= 11 is 0. The maximum Gasteiger partial charge on any atom is 0.0700 e. The molecule has 15 heavy (non-hydrogen) atoms. The Kier molecular flexibility index (Phi) is 4.38. The van der Waals surface area contributed by atoms with Crippen LogP contribution in [0.15, 0.2) is 0 Å². The summed E-state index contributed by atoms with van der Waals surface area (Å²) in [4.78, 5) is 0. The maximum absolute atomic E-state index is 5.78. The van der Waals surface area contributed by atoms with Gasteiger partial charge in [0.1, 0.15) is 0 Å². The molecule has 0 saturated carbocycles. The van der Waals surface area contributed by atoms with Crippen LogP contribution in [0.4, 0.5) is 0 Å². The predicted molar refractivity (Wildman–Crippen MR) is 58.7 cm³/mol. The highest BCUT2D eigenvalue weighted by Gasteiger charge is 2.25. The van der Waals surface area contributed by atoms with E-state index in [0.29, 0.717) is 24.6 Å². The fraction of sp³-hybridized carbons (Fsp3) is 1.00. The van der Waals surface area contributed by atoms with Crippen LogP contribution in [-0.4, -0.2) is 45.1 Å². The van der Waals surface area contributed by atoms with Crippen LogP contribution >= 0.6 is 0 Å². The molecule has 0 aromatic heterocycles. The third-order valence-corrected chi connectivity index (χ3v) is 3.42. The second-order valence-corrected chi connectivity index (χ2v) is 4.51. The van der Waals surface area contributed by atoms with Crippen molar-refractivity contribution in [2.45, 2.75) is 31.4 Å². The zero-order valence-corrected chi connectivity index (χ0v) is 9.28. The SMILES string of the molecule is NCC(NCC1CCCO1)C1CCOC1. The molecule has 2 fully saturated rings. The van der Waals surface area contributed by atoms with Crippen molar-refractivity contribution in [1.82, 2.24) is 5.32 Å². The fourth-order valence-corrected chi connectivity index (χ4v) is 2.40. The Bertz CT molecular complexity index is 177. The van der Waals surface area contributed by atoms with Crippen molar-refractivity contribution in [1.29, 1.82) is 0 Å². The van der Waals surface area contributed by atoms with E-state index >= 15 is 0 Å². The molecule has 2 aliphatic rings. The van der Waals surface area contributed by atoms with E-state index in [1.54, 1.807) is 0 Å². The normalized spacial score (nSPS) is 33.4. The van der Waals surface area contributed by atoms with Crippen LogP contribution < -0.4 is 11.1 Å². The highest BCUT2D eigenvalue weighted by molar-refractivity contribution is 4.81. The molecule has 3 unspecified atom stereocenters. The molecule has 0 aliphatic carbocycles. The topological polar surface area (TPSA) is 56.5 Å². The zero-order valence-electron chi connectivity index (χ0n) is 9.28. The van der Waals surface area contributed by atoms with Gasteiger partial charge in [0.05, 0.1) is 12.7 Å². The molecule has 3 atom stereocenters. The fourth-order valence-electron chi connectivity index (χ4n) is 2.40. The minimum atomic E-state index is 0.400. The lowest BCUT2D eigenvalue weighted by atomic mass is 9.99. The van der Waals surface area contributed by atoms with Crippen LogP contribution in [0.2, 0.25) is 0 Å². The van der Waals surface area contributed by atoms with Gasteiger partial charge in [0.2, 0.25) is 0 Å². The number of nitrogens with one attached hydrogen (secondary N) is 1. The van der Waals surface area contributed by atoms with Gasteiger partial charge in [-0.15, -0.1) is 0 Å². The number of nitrogens with two attached hydrogens (primary N) is 1. The average Bonchev–Trinajstić information content (AvgIpc) is 2.90. The van der Waals surface area contributed by atoms with Crippen molar-refractivity contribution in [2.75, 3.05) is 32.9 Å². The molecule has 0 radical (unpaired) electrons. The molecule has 0 spiro atoms. The molecule has 2 aliphatic heterocycles. The van der Waals surface area contributed by atoms with E-state index in [4.69, 9.17) is 15.2 Å². The van der Waals surface area contributed by atoms with E-state index < -0.39 is 0 Å². The lowest BCUT2D eigenvalue weighted by Gasteiger charge is -2.23. The Morgan fingerprint density at radius 1 is 1.33 bits per heavy atom. The van der Waals surface area contributed by atoms with Crippen molar-refractivity contribution >= 4 is 0 Å². The summed E-state index contributed by atoms with van der Waals surface area (Å²) in [5.74, 6) is 0.594. The molecule has 0 aromatic carbocycles. The van der Waals surface area contributed by atoms with E-state index in [0.717, 1.165) is 32.8 Å². The Hall–Kier alpha value is -0.160. The first kappa shape index (κ1) is 11.3. The van der Waals surface area contributed by atoms with Gasteiger partial charge in [-0.1, -0.05) is 0 Å². The highest BCUT2D eigenvalue weighted by atomic mass is 16.5. The highest BCUT2D eigenvalue weighted by Crippen LogP contribution is 2.17. The van der Waals surface area contributed by atoms with Gasteiger partial charge >= 0.3 is 0 Å². The minimum Gasteiger partial charge on any atom is -0.381 e. The van der Waals surface area contributed by atoms with Crippen molar-refractivity contribution in [3.8, 4) is 0 Å². The quantitative estimate of drug-likeness (QED) is 0.682. The van der Waals surface area contributed by atoms with E-state index in [9.17, 15) is 0 Å². The molecule has 4 heteroatoms. The lowest BCUT2D eigenvalue weighted by Crippen LogP contribution is -2.45. The summed E-state index contributed by atoms with van der Waals surface area (Å²) in [7, 11) is 0. The Labute approximate surface area is 91.5 Å². The Morgan fingerprint density at radius 2 is 2.27 bits per heavy atom. The van der Waals surface area contributed by atoms with E-state index in [2.05, 4.69) is 5.32 Å². The zero-order chi connectivity index (χ0) is 10.5. The molecule has 0 bridgehead atoms. The van der Waals surface area contributed by atoms with E-state index in [1.165, 1.54) is 12.8 Å². The average molecular weight is 214 g/mol. The molecule has 3 N–H and O–H groups in total. The van der Waals surface area contributed by atoms with Gasteiger partial charge in [-0.3, -0.25) is 0 Å².